The summed E-state index contributed by atoms with van der Waals surface area (Å²) in [4.78, 5) is 0. The lowest BCUT2D eigenvalue weighted by Gasteiger charge is -2.04. The van der Waals surface area contributed by atoms with Gasteiger partial charge in [0.15, 0.2) is 0 Å². The number of hydrogen-bond acceptors (Lipinski definition) is 1. The topological polar surface area (TPSA) is 12.0 Å². The van der Waals surface area contributed by atoms with E-state index in [0.717, 1.165) is 5.56 Å². The second-order valence-electron chi connectivity index (χ2n) is 2.18. The zero-order chi connectivity index (χ0) is 7.56. The molecule has 1 aromatic rings. The van der Waals surface area contributed by atoms with Crippen molar-refractivity contribution in [3.63, 3.8) is 0 Å². The van der Waals surface area contributed by atoms with Gasteiger partial charge in [0.05, 0.1) is 5.69 Å². The first kappa shape index (κ1) is 7.06. The molecule has 0 saturated carbocycles. The number of aryl methyl sites for hydroxylation is 1. The second-order valence-corrected chi connectivity index (χ2v) is 2.18. The van der Waals surface area contributed by atoms with Crippen molar-refractivity contribution < 1.29 is 4.39 Å². The fraction of sp³-hybridized carbons (Fsp3) is 0.250. The molecule has 0 aliphatic heterocycles. The van der Waals surface area contributed by atoms with Crippen LogP contribution in [0.2, 0.25) is 0 Å². The molecule has 0 fully saturated rings. The third kappa shape index (κ3) is 1.10. The van der Waals surface area contributed by atoms with Gasteiger partial charge in [-0.3, -0.25) is 0 Å². The Morgan fingerprint density at radius 2 is 2.10 bits per heavy atom. The molecule has 0 atom stereocenters. The fourth-order valence-electron chi connectivity index (χ4n) is 0.949. The number of benzene rings is 1. The molecule has 1 nitrogen and oxygen atoms in total. The molecule has 1 rings (SSSR count). The molecule has 0 amide bonds. The molecular weight excluding hydrogens is 129 g/mol. The molecule has 2 heteroatoms. The van der Waals surface area contributed by atoms with E-state index in [1.54, 1.807) is 13.1 Å². The molecule has 10 heavy (non-hydrogen) atoms. The number of hydrogen-bond donors (Lipinski definition) is 1. The van der Waals surface area contributed by atoms with Crippen molar-refractivity contribution in [1.29, 1.82) is 0 Å². The molecule has 0 aliphatic carbocycles. The van der Waals surface area contributed by atoms with Crippen molar-refractivity contribution in [2.75, 3.05) is 12.4 Å². The molecule has 1 N–H and O–H groups in total. The highest BCUT2D eigenvalue weighted by Gasteiger charge is 1.99. The first-order chi connectivity index (χ1) is 4.75. The first-order valence-electron chi connectivity index (χ1n) is 3.18. The van der Waals surface area contributed by atoms with E-state index < -0.39 is 0 Å². The van der Waals surface area contributed by atoms with Crippen molar-refractivity contribution in [2.45, 2.75) is 6.92 Å². The van der Waals surface area contributed by atoms with Crippen LogP contribution in [0.5, 0.6) is 0 Å². The largest absolute Gasteiger partial charge is 0.386 e. The maximum absolute atomic E-state index is 12.8. The molecule has 0 spiro atoms. The van der Waals surface area contributed by atoms with Gasteiger partial charge in [-0.15, -0.1) is 0 Å². The summed E-state index contributed by atoms with van der Waals surface area (Å²) in [5.74, 6) is -0.192. The van der Waals surface area contributed by atoms with Gasteiger partial charge in [0.25, 0.3) is 0 Å². The summed E-state index contributed by atoms with van der Waals surface area (Å²) in [6, 6.07) is 5.01. The zero-order valence-corrected chi connectivity index (χ0v) is 6.11. The average molecular weight is 139 g/mol. The van der Waals surface area contributed by atoms with Crippen molar-refractivity contribution >= 4 is 5.69 Å². The Labute approximate surface area is 59.9 Å². The number of anilines is 1. The molecule has 0 aliphatic rings. The lowest BCUT2D eigenvalue weighted by atomic mass is 10.2. The van der Waals surface area contributed by atoms with Crippen LogP contribution in [0.3, 0.4) is 0 Å². The Hall–Kier alpha value is -1.05. The van der Waals surface area contributed by atoms with E-state index in [-0.39, 0.29) is 5.82 Å². The Morgan fingerprint density at radius 1 is 1.40 bits per heavy atom. The number of para-hydroxylation sites is 1. The van der Waals surface area contributed by atoms with Crippen LogP contribution in [0.1, 0.15) is 5.56 Å². The SMILES string of the molecule is CNc1c(C)cccc1F. The van der Waals surface area contributed by atoms with E-state index in [1.165, 1.54) is 6.07 Å². The second kappa shape index (κ2) is 2.69. The minimum Gasteiger partial charge on any atom is -0.386 e. The van der Waals surface area contributed by atoms with Gasteiger partial charge in [0.2, 0.25) is 0 Å². The van der Waals surface area contributed by atoms with E-state index in [1.807, 2.05) is 13.0 Å². The first-order valence-corrected chi connectivity index (χ1v) is 3.18. The van der Waals surface area contributed by atoms with Gasteiger partial charge >= 0.3 is 0 Å². The van der Waals surface area contributed by atoms with Crippen molar-refractivity contribution in [3.8, 4) is 0 Å². The van der Waals surface area contributed by atoms with E-state index >= 15 is 0 Å². The maximum Gasteiger partial charge on any atom is 0.146 e. The summed E-state index contributed by atoms with van der Waals surface area (Å²) < 4.78 is 12.8. The van der Waals surface area contributed by atoms with Crippen molar-refractivity contribution in [2.24, 2.45) is 0 Å². The van der Waals surface area contributed by atoms with E-state index in [4.69, 9.17) is 0 Å². The molecule has 0 heterocycles. The van der Waals surface area contributed by atoms with Crippen LogP contribution in [-0.2, 0) is 0 Å². The molecule has 54 valence electrons. The van der Waals surface area contributed by atoms with Gasteiger partial charge in [-0.1, -0.05) is 12.1 Å². The number of halogens is 1. The minimum absolute atomic E-state index is 0.192. The summed E-state index contributed by atoms with van der Waals surface area (Å²) in [6.45, 7) is 1.87. The third-order valence-corrected chi connectivity index (χ3v) is 1.47. The zero-order valence-electron chi connectivity index (χ0n) is 6.11. The summed E-state index contributed by atoms with van der Waals surface area (Å²) in [6.07, 6.45) is 0. The van der Waals surface area contributed by atoms with E-state index in [0.29, 0.717) is 5.69 Å². The Bertz CT molecular complexity index is 212. The molecular formula is C8H10FN. The summed E-state index contributed by atoms with van der Waals surface area (Å²) in [7, 11) is 1.71. The van der Waals surface area contributed by atoms with Crippen LogP contribution in [0.15, 0.2) is 18.2 Å². The van der Waals surface area contributed by atoms with Gasteiger partial charge in [-0.25, -0.2) is 4.39 Å². The molecule has 1 aromatic carbocycles. The average Bonchev–Trinajstić information content (AvgIpc) is 1.88. The summed E-state index contributed by atoms with van der Waals surface area (Å²) in [5.41, 5.74) is 1.52. The van der Waals surface area contributed by atoms with E-state index in [9.17, 15) is 4.39 Å². The lowest BCUT2D eigenvalue weighted by Crippen LogP contribution is -1.94. The molecule has 0 saturated heterocycles. The van der Waals surface area contributed by atoms with Crippen LogP contribution in [0, 0.1) is 12.7 Å². The normalized spacial score (nSPS) is 9.50. The van der Waals surface area contributed by atoms with Crippen LogP contribution in [-0.4, -0.2) is 7.05 Å². The summed E-state index contributed by atoms with van der Waals surface area (Å²) in [5, 5.41) is 2.79. The summed E-state index contributed by atoms with van der Waals surface area (Å²) >= 11 is 0. The van der Waals surface area contributed by atoms with Crippen LogP contribution < -0.4 is 5.32 Å². The molecule has 0 bridgehead atoms. The quantitative estimate of drug-likeness (QED) is 0.628. The van der Waals surface area contributed by atoms with Gasteiger partial charge in [-0.2, -0.15) is 0 Å². The van der Waals surface area contributed by atoms with Gasteiger partial charge in [-0.05, 0) is 18.6 Å². The Balaban J connectivity index is 3.17. The molecule has 0 unspecified atom stereocenters. The van der Waals surface area contributed by atoms with Crippen LogP contribution in [0.4, 0.5) is 10.1 Å². The molecule has 0 radical (unpaired) electrons. The fourth-order valence-corrected chi connectivity index (χ4v) is 0.949. The van der Waals surface area contributed by atoms with Crippen molar-refractivity contribution in [1.82, 2.24) is 0 Å². The smallest absolute Gasteiger partial charge is 0.146 e. The highest BCUT2D eigenvalue weighted by molar-refractivity contribution is 5.50. The monoisotopic (exact) mass is 139 g/mol. The van der Waals surface area contributed by atoms with Crippen LogP contribution in [0.25, 0.3) is 0 Å². The predicted molar refractivity (Wildman–Crippen MR) is 40.7 cm³/mol. The maximum atomic E-state index is 12.8. The van der Waals surface area contributed by atoms with Gasteiger partial charge in [0.1, 0.15) is 5.82 Å². The molecule has 0 aromatic heterocycles. The lowest BCUT2D eigenvalue weighted by molar-refractivity contribution is 0.630. The van der Waals surface area contributed by atoms with Gasteiger partial charge < -0.3 is 5.32 Å². The standard InChI is InChI=1S/C8H10FN/c1-6-4-3-5-7(9)8(6)10-2/h3-5,10H,1-2H3. The number of nitrogens with one attached hydrogen (secondary N) is 1. The number of rotatable bonds is 1. The van der Waals surface area contributed by atoms with Crippen LogP contribution >= 0.6 is 0 Å². The Kier molecular flexibility index (Phi) is 1.90. The van der Waals surface area contributed by atoms with E-state index in [2.05, 4.69) is 5.32 Å². The highest BCUT2D eigenvalue weighted by atomic mass is 19.1. The minimum atomic E-state index is -0.192. The van der Waals surface area contributed by atoms with Gasteiger partial charge in [0, 0.05) is 7.05 Å². The third-order valence-electron chi connectivity index (χ3n) is 1.47. The Morgan fingerprint density at radius 3 is 2.50 bits per heavy atom. The highest BCUT2D eigenvalue weighted by Crippen LogP contribution is 2.16. The van der Waals surface area contributed by atoms with Crippen molar-refractivity contribution in [3.05, 3.63) is 29.6 Å². The predicted octanol–water partition coefficient (Wildman–Crippen LogP) is 2.18.